The van der Waals surface area contributed by atoms with Crippen molar-refractivity contribution in [3.8, 4) is 5.75 Å². The summed E-state index contributed by atoms with van der Waals surface area (Å²) in [5.41, 5.74) is 1.33. The summed E-state index contributed by atoms with van der Waals surface area (Å²) in [6.45, 7) is 0.302. The van der Waals surface area contributed by atoms with Crippen molar-refractivity contribution in [2.24, 2.45) is 0 Å². The number of amides is 1. The second kappa shape index (κ2) is 7.68. The van der Waals surface area contributed by atoms with Gasteiger partial charge in [0.1, 0.15) is 5.75 Å². The van der Waals surface area contributed by atoms with Crippen LogP contribution in [0.4, 0.5) is 0 Å². The molecule has 1 atom stereocenters. The molecule has 7 heteroatoms. The van der Waals surface area contributed by atoms with Crippen LogP contribution >= 0.6 is 11.6 Å². The van der Waals surface area contributed by atoms with Crippen LogP contribution in [0.15, 0.2) is 48.5 Å². The van der Waals surface area contributed by atoms with Gasteiger partial charge in [-0.1, -0.05) is 29.8 Å². The first-order valence-corrected chi connectivity index (χ1v) is 10.5. The maximum Gasteiger partial charge on any atom is 0.254 e. The third-order valence-electron chi connectivity index (χ3n) is 4.47. The Morgan fingerprint density at radius 1 is 1.23 bits per heavy atom. The number of benzene rings is 2. The van der Waals surface area contributed by atoms with E-state index in [0.29, 0.717) is 29.3 Å². The first-order chi connectivity index (χ1) is 12.4. The number of methoxy groups -OCH3 is 1. The lowest BCUT2D eigenvalue weighted by molar-refractivity contribution is 0.0680. The van der Waals surface area contributed by atoms with Crippen LogP contribution in [0.2, 0.25) is 5.02 Å². The molecule has 0 N–H and O–H groups in total. The average molecular weight is 394 g/mol. The molecule has 0 bridgehead atoms. The molecule has 0 aromatic heterocycles. The molecule has 1 heterocycles. The van der Waals surface area contributed by atoms with Crippen molar-refractivity contribution in [3.05, 3.63) is 64.7 Å². The van der Waals surface area contributed by atoms with Crippen molar-refractivity contribution in [3.63, 3.8) is 0 Å². The number of hydrogen-bond acceptors (Lipinski definition) is 4. The van der Waals surface area contributed by atoms with Gasteiger partial charge in [-0.05, 0) is 42.3 Å². The first kappa shape index (κ1) is 18.7. The summed E-state index contributed by atoms with van der Waals surface area (Å²) < 4.78 is 29.1. The van der Waals surface area contributed by atoms with Gasteiger partial charge in [0.05, 0.1) is 18.6 Å². The van der Waals surface area contributed by atoms with Gasteiger partial charge in [-0.15, -0.1) is 0 Å². The molecular weight excluding hydrogens is 374 g/mol. The van der Waals surface area contributed by atoms with E-state index >= 15 is 0 Å². The lowest BCUT2D eigenvalue weighted by atomic mass is 10.1. The van der Waals surface area contributed by atoms with E-state index in [2.05, 4.69) is 0 Å². The smallest absolute Gasteiger partial charge is 0.254 e. The molecule has 1 saturated heterocycles. The first-order valence-electron chi connectivity index (χ1n) is 8.28. The molecule has 2 aromatic rings. The number of ether oxygens (including phenoxy) is 1. The Bertz CT molecular complexity index is 913. The molecule has 1 aliphatic rings. The van der Waals surface area contributed by atoms with E-state index in [4.69, 9.17) is 16.3 Å². The highest BCUT2D eigenvalue weighted by atomic mass is 35.5. The summed E-state index contributed by atoms with van der Waals surface area (Å²) in [7, 11) is -1.58. The van der Waals surface area contributed by atoms with E-state index in [0.717, 1.165) is 5.56 Å². The Labute approximate surface area is 158 Å². The minimum absolute atomic E-state index is 0.0106. The fraction of sp³-hybridized carbons (Fsp3) is 0.316. The zero-order chi connectivity index (χ0) is 18.7. The molecule has 0 radical (unpaired) electrons. The summed E-state index contributed by atoms with van der Waals surface area (Å²) in [5, 5.41) is 0.579. The maximum atomic E-state index is 13.1. The Morgan fingerprint density at radius 3 is 2.65 bits per heavy atom. The van der Waals surface area contributed by atoms with Crippen molar-refractivity contribution in [1.82, 2.24) is 4.90 Å². The zero-order valence-electron chi connectivity index (χ0n) is 14.4. The Morgan fingerprint density at radius 2 is 2.00 bits per heavy atom. The molecule has 1 aliphatic heterocycles. The molecule has 2 aromatic carbocycles. The van der Waals surface area contributed by atoms with Gasteiger partial charge in [-0.2, -0.15) is 0 Å². The minimum Gasteiger partial charge on any atom is -0.497 e. The van der Waals surface area contributed by atoms with Gasteiger partial charge in [0.2, 0.25) is 0 Å². The molecule has 0 saturated carbocycles. The lowest BCUT2D eigenvalue weighted by Crippen LogP contribution is -2.40. The number of rotatable bonds is 5. The highest BCUT2D eigenvalue weighted by Gasteiger charge is 2.35. The standard InChI is InChI=1S/C19H20ClNO4S/c1-25-18-7-3-5-15(11-18)19(22)21(17-8-9-26(23,24)13-17)12-14-4-2-6-16(20)10-14/h2-7,10-11,17H,8-9,12-13H2,1H3/t17-/m0/s1. The molecule has 0 aliphatic carbocycles. The minimum atomic E-state index is -3.11. The van der Waals surface area contributed by atoms with E-state index in [-0.39, 0.29) is 23.5 Å². The topological polar surface area (TPSA) is 63.7 Å². The predicted octanol–water partition coefficient (Wildman–Crippen LogP) is 3.18. The monoisotopic (exact) mass is 393 g/mol. The van der Waals surface area contributed by atoms with Crippen molar-refractivity contribution in [2.45, 2.75) is 19.0 Å². The van der Waals surface area contributed by atoms with Gasteiger partial charge < -0.3 is 9.64 Å². The van der Waals surface area contributed by atoms with Gasteiger partial charge >= 0.3 is 0 Å². The number of sulfone groups is 1. The SMILES string of the molecule is COc1cccc(C(=O)N(Cc2cccc(Cl)c2)[C@H]2CCS(=O)(=O)C2)c1. The third kappa shape index (κ3) is 4.37. The van der Waals surface area contributed by atoms with Crippen molar-refractivity contribution < 1.29 is 17.9 Å². The highest BCUT2D eigenvalue weighted by Crippen LogP contribution is 2.24. The molecule has 26 heavy (non-hydrogen) atoms. The summed E-state index contributed by atoms with van der Waals surface area (Å²) in [5.74, 6) is 0.460. The lowest BCUT2D eigenvalue weighted by Gasteiger charge is -2.28. The predicted molar refractivity (Wildman–Crippen MR) is 101 cm³/mol. The number of hydrogen-bond donors (Lipinski definition) is 0. The van der Waals surface area contributed by atoms with E-state index in [9.17, 15) is 13.2 Å². The van der Waals surface area contributed by atoms with Crippen molar-refractivity contribution >= 4 is 27.3 Å². The summed E-state index contributed by atoms with van der Waals surface area (Å²) in [6.07, 6.45) is 0.443. The van der Waals surface area contributed by atoms with Crippen LogP contribution in [0.25, 0.3) is 0 Å². The van der Waals surface area contributed by atoms with Crippen LogP contribution in [-0.2, 0) is 16.4 Å². The van der Waals surface area contributed by atoms with Crippen LogP contribution in [-0.4, -0.2) is 43.9 Å². The fourth-order valence-electron chi connectivity index (χ4n) is 3.14. The average Bonchev–Trinajstić information content (AvgIpc) is 2.99. The number of carbonyl (C=O) groups excluding carboxylic acids is 1. The Balaban J connectivity index is 1.92. The Kier molecular flexibility index (Phi) is 5.53. The van der Waals surface area contributed by atoms with E-state index in [1.807, 2.05) is 12.1 Å². The molecule has 1 fully saturated rings. The van der Waals surface area contributed by atoms with Crippen LogP contribution in [0.1, 0.15) is 22.3 Å². The quantitative estimate of drug-likeness (QED) is 0.782. The van der Waals surface area contributed by atoms with E-state index in [1.165, 1.54) is 7.11 Å². The normalized spacial score (nSPS) is 18.5. The summed E-state index contributed by atoms with van der Waals surface area (Å²) in [6, 6.07) is 13.8. The molecule has 0 unspecified atom stereocenters. The summed E-state index contributed by atoms with van der Waals surface area (Å²) in [4.78, 5) is 14.8. The maximum absolute atomic E-state index is 13.1. The van der Waals surface area contributed by atoms with Gasteiger partial charge in [0.25, 0.3) is 5.91 Å². The zero-order valence-corrected chi connectivity index (χ0v) is 16.0. The largest absolute Gasteiger partial charge is 0.497 e. The van der Waals surface area contributed by atoms with Crippen LogP contribution < -0.4 is 4.74 Å². The van der Waals surface area contributed by atoms with Crippen LogP contribution in [0.5, 0.6) is 5.75 Å². The second-order valence-corrected chi connectivity index (χ2v) is 9.02. The second-order valence-electron chi connectivity index (χ2n) is 6.35. The summed E-state index contributed by atoms with van der Waals surface area (Å²) >= 11 is 6.05. The number of halogens is 1. The molecule has 138 valence electrons. The van der Waals surface area contributed by atoms with Gasteiger partial charge in [0, 0.05) is 23.2 Å². The van der Waals surface area contributed by atoms with Crippen LogP contribution in [0, 0.1) is 0 Å². The van der Waals surface area contributed by atoms with Crippen LogP contribution in [0.3, 0.4) is 0 Å². The van der Waals surface area contributed by atoms with Gasteiger partial charge in [-0.3, -0.25) is 4.79 Å². The fourth-order valence-corrected chi connectivity index (χ4v) is 5.09. The van der Waals surface area contributed by atoms with Gasteiger partial charge in [0.15, 0.2) is 9.84 Å². The molecular formula is C19H20ClNO4S. The highest BCUT2D eigenvalue weighted by molar-refractivity contribution is 7.91. The number of carbonyl (C=O) groups is 1. The molecule has 5 nitrogen and oxygen atoms in total. The van der Waals surface area contributed by atoms with Crippen molar-refractivity contribution in [1.29, 1.82) is 0 Å². The molecule has 0 spiro atoms. The van der Waals surface area contributed by atoms with E-state index < -0.39 is 9.84 Å². The molecule has 1 amide bonds. The van der Waals surface area contributed by atoms with Gasteiger partial charge in [-0.25, -0.2) is 8.42 Å². The van der Waals surface area contributed by atoms with Crippen molar-refractivity contribution in [2.75, 3.05) is 18.6 Å². The molecule has 3 rings (SSSR count). The Hall–Kier alpha value is -2.05. The van der Waals surface area contributed by atoms with E-state index in [1.54, 1.807) is 41.3 Å². The third-order valence-corrected chi connectivity index (χ3v) is 6.45. The number of nitrogens with zero attached hydrogens (tertiary/aromatic N) is 1.